The monoisotopic (exact) mass is 283 g/mol. The predicted octanol–water partition coefficient (Wildman–Crippen LogP) is 3.85. The van der Waals surface area contributed by atoms with Crippen LogP contribution in [0.5, 0.6) is 5.75 Å². The lowest BCUT2D eigenvalue weighted by molar-refractivity contribution is -0.0498. The molecule has 0 bridgehead atoms. The van der Waals surface area contributed by atoms with Crippen LogP contribution >= 0.6 is 0 Å². The van der Waals surface area contributed by atoms with Crippen LogP contribution in [-0.4, -0.2) is 19.2 Å². The first-order valence-corrected chi connectivity index (χ1v) is 7.31. The average Bonchev–Trinajstić information content (AvgIpc) is 3.11. The molecule has 1 aliphatic carbocycles. The summed E-state index contributed by atoms with van der Waals surface area (Å²) in [7, 11) is 0. The first-order chi connectivity index (χ1) is 9.54. The van der Waals surface area contributed by atoms with Gasteiger partial charge in [0.2, 0.25) is 0 Å². The van der Waals surface area contributed by atoms with Crippen LogP contribution in [0.2, 0.25) is 0 Å². The lowest BCUT2D eigenvalue weighted by Gasteiger charge is -2.13. The van der Waals surface area contributed by atoms with Crippen LogP contribution in [0.3, 0.4) is 0 Å². The number of benzene rings is 1. The maximum absolute atomic E-state index is 12.0. The number of aryl methyl sites for hydroxylation is 1. The van der Waals surface area contributed by atoms with Crippen LogP contribution in [0, 0.1) is 11.8 Å². The summed E-state index contributed by atoms with van der Waals surface area (Å²) in [6, 6.07) is 7.40. The van der Waals surface area contributed by atoms with E-state index in [0.717, 1.165) is 36.8 Å². The molecule has 1 saturated carbocycles. The topological polar surface area (TPSA) is 21.3 Å². The molecule has 1 aromatic rings. The molecular formula is C16H23F2NO. The van der Waals surface area contributed by atoms with Crippen LogP contribution in [0.1, 0.15) is 32.3 Å². The standard InChI is InChI=1S/C16H23F2NO/c1-11-9-14(11)10-19-12(2)3-4-13-5-7-15(8-6-13)20-16(17)18/h5-8,11-12,14,16,19H,3-4,9-10H2,1-2H3. The molecule has 1 aliphatic rings. The normalized spacial score (nSPS) is 22.9. The van der Waals surface area contributed by atoms with Crippen molar-refractivity contribution < 1.29 is 13.5 Å². The van der Waals surface area contributed by atoms with Gasteiger partial charge in [0, 0.05) is 6.04 Å². The Morgan fingerprint density at radius 2 is 1.95 bits per heavy atom. The number of alkyl halides is 2. The van der Waals surface area contributed by atoms with E-state index in [9.17, 15) is 8.78 Å². The zero-order valence-corrected chi connectivity index (χ0v) is 12.1. The molecule has 4 heteroatoms. The quantitative estimate of drug-likeness (QED) is 0.782. The van der Waals surface area contributed by atoms with Crippen LogP contribution in [0.25, 0.3) is 0 Å². The molecule has 1 aromatic carbocycles. The molecule has 112 valence electrons. The summed E-state index contributed by atoms with van der Waals surface area (Å²) < 4.78 is 28.4. The SMILES string of the molecule is CC(CCc1ccc(OC(F)F)cc1)NCC1CC1C. The van der Waals surface area contributed by atoms with Crippen molar-refractivity contribution in [3.63, 3.8) is 0 Å². The van der Waals surface area contributed by atoms with Crippen molar-refractivity contribution in [1.29, 1.82) is 0 Å². The van der Waals surface area contributed by atoms with Gasteiger partial charge in [0.05, 0.1) is 0 Å². The van der Waals surface area contributed by atoms with Crippen LogP contribution in [0.4, 0.5) is 8.78 Å². The lowest BCUT2D eigenvalue weighted by atomic mass is 10.1. The summed E-state index contributed by atoms with van der Waals surface area (Å²) in [4.78, 5) is 0. The van der Waals surface area contributed by atoms with E-state index >= 15 is 0 Å². The zero-order valence-electron chi connectivity index (χ0n) is 12.1. The Labute approximate surface area is 119 Å². The Morgan fingerprint density at radius 3 is 2.50 bits per heavy atom. The molecule has 1 fully saturated rings. The summed E-state index contributed by atoms with van der Waals surface area (Å²) >= 11 is 0. The van der Waals surface area contributed by atoms with Gasteiger partial charge in [0.15, 0.2) is 0 Å². The van der Waals surface area contributed by atoms with Gasteiger partial charge in [-0.15, -0.1) is 0 Å². The van der Waals surface area contributed by atoms with Gasteiger partial charge in [-0.05, 0) is 62.3 Å². The van der Waals surface area contributed by atoms with Gasteiger partial charge in [0.1, 0.15) is 5.75 Å². The van der Waals surface area contributed by atoms with Crippen LogP contribution in [-0.2, 0) is 6.42 Å². The minimum Gasteiger partial charge on any atom is -0.435 e. The number of rotatable bonds is 8. The first-order valence-electron chi connectivity index (χ1n) is 7.31. The van der Waals surface area contributed by atoms with Gasteiger partial charge in [0.25, 0.3) is 0 Å². The van der Waals surface area contributed by atoms with Crippen LogP contribution in [0.15, 0.2) is 24.3 Å². The van der Waals surface area contributed by atoms with Gasteiger partial charge in [-0.3, -0.25) is 0 Å². The second-order valence-corrected chi connectivity index (χ2v) is 5.84. The molecule has 3 unspecified atom stereocenters. The summed E-state index contributed by atoms with van der Waals surface area (Å²) in [6.45, 7) is 2.85. The molecule has 0 heterocycles. The number of nitrogens with one attached hydrogen (secondary N) is 1. The largest absolute Gasteiger partial charge is 0.435 e. The smallest absolute Gasteiger partial charge is 0.387 e. The molecule has 0 aromatic heterocycles. The molecule has 3 atom stereocenters. The molecule has 0 radical (unpaired) electrons. The summed E-state index contributed by atoms with van der Waals surface area (Å²) in [5.41, 5.74) is 1.15. The molecule has 0 aliphatic heterocycles. The van der Waals surface area contributed by atoms with E-state index in [1.165, 1.54) is 6.42 Å². The Hall–Kier alpha value is -1.16. The fraction of sp³-hybridized carbons (Fsp3) is 0.625. The number of hydrogen-bond acceptors (Lipinski definition) is 2. The molecule has 2 nitrogen and oxygen atoms in total. The molecule has 0 saturated heterocycles. The Morgan fingerprint density at radius 1 is 1.30 bits per heavy atom. The number of hydrogen-bond donors (Lipinski definition) is 1. The average molecular weight is 283 g/mol. The van der Waals surface area contributed by atoms with E-state index in [4.69, 9.17) is 0 Å². The van der Waals surface area contributed by atoms with E-state index in [1.54, 1.807) is 12.1 Å². The molecular weight excluding hydrogens is 260 g/mol. The molecule has 2 rings (SSSR count). The molecule has 1 N–H and O–H groups in total. The van der Waals surface area contributed by atoms with Crippen molar-refractivity contribution in [3.05, 3.63) is 29.8 Å². The van der Waals surface area contributed by atoms with Gasteiger partial charge < -0.3 is 10.1 Å². The maximum Gasteiger partial charge on any atom is 0.387 e. The van der Waals surface area contributed by atoms with Gasteiger partial charge in [-0.25, -0.2) is 0 Å². The van der Waals surface area contributed by atoms with E-state index in [-0.39, 0.29) is 5.75 Å². The van der Waals surface area contributed by atoms with Crippen molar-refractivity contribution in [1.82, 2.24) is 5.32 Å². The summed E-state index contributed by atoms with van der Waals surface area (Å²) in [5, 5.41) is 3.56. The highest BCUT2D eigenvalue weighted by molar-refractivity contribution is 5.27. The van der Waals surface area contributed by atoms with E-state index < -0.39 is 6.61 Å². The van der Waals surface area contributed by atoms with Crippen molar-refractivity contribution in [2.75, 3.05) is 6.54 Å². The van der Waals surface area contributed by atoms with Gasteiger partial charge in [-0.1, -0.05) is 19.1 Å². The van der Waals surface area contributed by atoms with Crippen molar-refractivity contribution in [2.24, 2.45) is 11.8 Å². The molecule has 0 spiro atoms. The zero-order chi connectivity index (χ0) is 14.5. The minimum atomic E-state index is -2.75. The second kappa shape index (κ2) is 7.02. The van der Waals surface area contributed by atoms with E-state index in [0.29, 0.717) is 6.04 Å². The lowest BCUT2D eigenvalue weighted by Crippen LogP contribution is -2.28. The fourth-order valence-corrected chi connectivity index (χ4v) is 2.36. The maximum atomic E-state index is 12.0. The second-order valence-electron chi connectivity index (χ2n) is 5.84. The summed E-state index contributed by atoms with van der Waals surface area (Å²) in [6.07, 6.45) is 3.35. The first kappa shape index (κ1) is 15.2. The van der Waals surface area contributed by atoms with Crippen molar-refractivity contribution >= 4 is 0 Å². The van der Waals surface area contributed by atoms with Gasteiger partial charge in [-0.2, -0.15) is 8.78 Å². The Bertz CT molecular complexity index is 407. The Kier molecular flexibility index (Phi) is 5.35. The molecule has 20 heavy (non-hydrogen) atoms. The van der Waals surface area contributed by atoms with E-state index in [2.05, 4.69) is 23.9 Å². The highest BCUT2D eigenvalue weighted by Gasteiger charge is 2.31. The van der Waals surface area contributed by atoms with Gasteiger partial charge >= 0.3 is 6.61 Å². The van der Waals surface area contributed by atoms with E-state index in [1.807, 2.05) is 12.1 Å². The third kappa shape index (κ3) is 5.08. The van der Waals surface area contributed by atoms with Crippen LogP contribution < -0.4 is 10.1 Å². The highest BCUT2D eigenvalue weighted by atomic mass is 19.3. The highest BCUT2D eigenvalue weighted by Crippen LogP contribution is 2.36. The van der Waals surface area contributed by atoms with Crippen molar-refractivity contribution in [3.8, 4) is 5.75 Å². The number of ether oxygens (including phenoxy) is 1. The third-order valence-electron chi connectivity index (χ3n) is 4.02. The molecule has 0 amide bonds. The fourth-order valence-electron chi connectivity index (χ4n) is 2.36. The summed E-state index contributed by atoms with van der Waals surface area (Å²) in [5.74, 6) is 1.97. The third-order valence-corrected chi connectivity index (χ3v) is 4.02. The predicted molar refractivity (Wildman–Crippen MR) is 76.1 cm³/mol. The van der Waals surface area contributed by atoms with Crippen molar-refractivity contribution in [2.45, 2.75) is 45.8 Å². The number of halogens is 2. The minimum absolute atomic E-state index is 0.220. The Balaban J connectivity index is 1.67.